The Labute approximate surface area is 157 Å². The topological polar surface area (TPSA) is 76.0 Å². The van der Waals surface area contributed by atoms with E-state index in [0.717, 1.165) is 30.5 Å². The van der Waals surface area contributed by atoms with E-state index in [-0.39, 0.29) is 23.7 Å². The van der Waals surface area contributed by atoms with Crippen LogP contribution < -0.4 is 10.6 Å². The van der Waals surface area contributed by atoms with E-state index in [4.69, 9.17) is 11.6 Å². The van der Waals surface area contributed by atoms with Gasteiger partial charge in [-0.3, -0.25) is 9.59 Å². The van der Waals surface area contributed by atoms with Gasteiger partial charge in [0.1, 0.15) is 5.69 Å². The van der Waals surface area contributed by atoms with Crippen molar-refractivity contribution in [2.24, 2.45) is 0 Å². The van der Waals surface area contributed by atoms with Crippen LogP contribution in [-0.2, 0) is 13.0 Å². The standard InChI is InChI=1S/C19H23ClN4O2/c1-11(2)21-18(25)16-15-6-4-5-9-24(15)17(23-16)19(26)22-14-10-13(20)8-7-12(14)3/h7-8,10-11H,4-6,9H2,1-3H3,(H,21,25)(H,22,26). The molecule has 3 rings (SSSR count). The minimum absolute atomic E-state index is 0.00910. The molecule has 0 atom stereocenters. The third kappa shape index (κ3) is 3.75. The van der Waals surface area contributed by atoms with Crippen LogP contribution in [0.5, 0.6) is 0 Å². The lowest BCUT2D eigenvalue weighted by atomic mass is 10.1. The summed E-state index contributed by atoms with van der Waals surface area (Å²) in [5.74, 6) is -0.293. The number of halogens is 1. The number of fused-ring (bicyclic) bond motifs is 1. The molecule has 0 fully saturated rings. The van der Waals surface area contributed by atoms with Gasteiger partial charge in [0.05, 0.1) is 5.69 Å². The number of benzene rings is 1. The van der Waals surface area contributed by atoms with Gasteiger partial charge in [0.25, 0.3) is 11.8 Å². The first-order valence-electron chi connectivity index (χ1n) is 8.84. The highest BCUT2D eigenvalue weighted by Gasteiger charge is 2.27. The second-order valence-corrected chi connectivity index (χ2v) is 7.32. The molecule has 1 aromatic heterocycles. The third-order valence-corrected chi connectivity index (χ3v) is 4.64. The lowest BCUT2D eigenvalue weighted by Gasteiger charge is -2.17. The maximum absolute atomic E-state index is 12.8. The van der Waals surface area contributed by atoms with Crippen LogP contribution in [0.3, 0.4) is 0 Å². The van der Waals surface area contributed by atoms with Crippen LogP contribution in [0.4, 0.5) is 5.69 Å². The number of carbonyl (C=O) groups is 2. The summed E-state index contributed by atoms with van der Waals surface area (Å²) >= 11 is 6.03. The predicted molar refractivity (Wildman–Crippen MR) is 102 cm³/mol. The highest BCUT2D eigenvalue weighted by atomic mass is 35.5. The molecule has 138 valence electrons. The van der Waals surface area contributed by atoms with E-state index < -0.39 is 0 Å². The number of anilines is 1. The fourth-order valence-electron chi connectivity index (χ4n) is 3.14. The molecule has 0 bridgehead atoms. The van der Waals surface area contributed by atoms with Gasteiger partial charge in [0, 0.05) is 23.3 Å². The van der Waals surface area contributed by atoms with Crippen LogP contribution in [0.1, 0.15) is 59.1 Å². The minimum atomic E-state index is -0.331. The van der Waals surface area contributed by atoms with Crippen LogP contribution in [0.15, 0.2) is 18.2 Å². The molecule has 0 aliphatic carbocycles. The first-order chi connectivity index (χ1) is 12.4. The Kier molecular flexibility index (Phi) is 5.32. The molecule has 1 aromatic carbocycles. The van der Waals surface area contributed by atoms with E-state index in [9.17, 15) is 9.59 Å². The molecule has 1 aliphatic heterocycles. The van der Waals surface area contributed by atoms with E-state index in [1.807, 2.05) is 31.4 Å². The first-order valence-corrected chi connectivity index (χ1v) is 9.22. The van der Waals surface area contributed by atoms with E-state index in [2.05, 4.69) is 15.6 Å². The van der Waals surface area contributed by atoms with Gasteiger partial charge in [-0.2, -0.15) is 0 Å². The molecule has 2 amide bonds. The highest BCUT2D eigenvalue weighted by Crippen LogP contribution is 2.24. The monoisotopic (exact) mass is 374 g/mol. The molecular weight excluding hydrogens is 352 g/mol. The molecule has 0 unspecified atom stereocenters. The predicted octanol–water partition coefficient (Wildman–Crippen LogP) is 3.57. The lowest BCUT2D eigenvalue weighted by molar-refractivity contribution is 0.0937. The number of amides is 2. The quantitative estimate of drug-likeness (QED) is 0.858. The van der Waals surface area contributed by atoms with Gasteiger partial charge >= 0.3 is 0 Å². The van der Waals surface area contributed by atoms with Crippen molar-refractivity contribution in [1.82, 2.24) is 14.9 Å². The van der Waals surface area contributed by atoms with Crippen molar-refractivity contribution < 1.29 is 9.59 Å². The van der Waals surface area contributed by atoms with Gasteiger partial charge in [-0.05, 0) is 57.7 Å². The number of hydrogen-bond acceptors (Lipinski definition) is 3. The molecule has 7 heteroatoms. The normalized spacial score (nSPS) is 13.4. The molecule has 2 aromatic rings. The summed E-state index contributed by atoms with van der Waals surface area (Å²) in [5, 5.41) is 6.28. The van der Waals surface area contributed by atoms with Crippen molar-refractivity contribution in [3.8, 4) is 0 Å². The number of aromatic nitrogens is 2. The van der Waals surface area contributed by atoms with Crippen molar-refractivity contribution in [2.75, 3.05) is 5.32 Å². The molecule has 2 N–H and O–H groups in total. The van der Waals surface area contributed by atoms with Gasteiger partial charge < -0.3 is 15.2 Å². The largest absolute Gasteiger partial charge is 0.348 e. The number of rotatable bonds is 4. The fourth-order valence-corrected chi connectivity index (χ4v) is 3.31. The molecule has 26 heavy (non-hydrogen) atoms. The Bertz CT molecular complexity index is 857. The number of imidazole rings is 1. The maximum atomic E-state index is 12.8. The second-order valence-electron chi connectivity index (χ2n) is 6.88. The van der Waals surface area contributed by atoms with Crippen LogP contribution in [0.2, 0.25) is 5.02 Å². The van der Waals surface area contributed by atoms with E-state index >= 15 is 0 Å². The summed E-state index contributed by atoms with van der Waals surface area (Å²) < 4.78 is 1.87. The zero-order chi connectivity index (χ0) is 18.8. The second kappa shape index (κ2) is 7.50. The summed E-state index contributed by atoms with van der Waals surface area (Å²) in [6.45, 7) is 6.38. The smallest absolute Gasteiger partial charge is 0.291 e. The Morgan fingerprint density at radius 1 is 1.23 bits per heavy atom. The van der Waals surface area contributed by atoms with Crippen LogP contribution in [-0.4, -0.2) is 27.4 Å². The summed E-state index contributed by atoms with van der Waals surface area (Å²) in [4.78, 5) is 29.7. The van der Waals surface area contributed by atoms with Crippen molar-refractivity contribution in [1.29, 1.82) is 0 Å². The highest BCUT2D eigenvalue weighted by molar-refractivity contribution is 6.31. The Hall–Kier alpha value is -2.34. The summed E-state index contributed by atoms with van der Waals surface area (Å²) in [5.41, 5.74) is 2.74. The van der Waals surface area contributed by atoms with Crippen LogP contribution >= 0.6 is 11.6 Å². The average Bonchev–Trinajstić information content (AvgIpc) is 2.97. The average molecular weight is 375 g/mol. The zero-order valence-electron chi connectivity index (χ0n) is 15.2. The molecule has 2 heterocycles. The lowest BCUT2D eigenvalue weighted by Crippen LogP contribution is -2.31. The molecular formula is C19H23ClN4O2. The zero-order valence-corrected chi connectivity index (χ0v) is 16.0. The first kappa shape index (κ1) is 18.5. The minimum Gasteiger partial charge on any atom is -0.348 e. The third-order valence-electron chi connectivity index (χ3n) is 4.40. The van der Waals surface area contributed by atoms with E-state index in [0.29, 0.717) is 22.9 Å². The number of aryl methyl sites for hydroxylation is 1. The van der Waals surface area contributed by atoms with E-state index in [1.165, 1.54) is 0 Å². The van der Waals surface area contributed by atoms with Gasteiger partial charge in [-0.25, -0.2) is 4.98 Å². The van der Waals surface area contributed by atoms with Crippen molar-refractivity contribution in [2.45, 2.75) is 52.6 Å². The van der Waals surface area contributed by atoms with Crippen molar-refractivity contribution in [3.63, 3.8) is 0 Å². The van der Waals surface area contributed by atoms with Gasteiger partial charge in [-0.15, -0.1) is 0 Å². The van der Waals surface area contributed by atoms with Crippen LogP contribution in [0.25, 0.3) is 0 Å². The molecule has 6 nitrogen and oxygen atoms in total. The van der Waals surface area contributed by atoms with Crippen molar-refractivity contribution >= 4 is 29.1 Å². The molecule has 0 saturated heterocycles. The van der Waals surface area contributed by atoms with Gasteiger partial charge in [0.15, 0.2) is 5.82 Å². The molecule has 0 spiro atoms. The maximum Gasteiger partial charge on any atom is 0.291 e. The summed E-state index contributed by atoms with van der Waals surface area (Å²) in [7, 11) is 0. The van der Waals surface area contributed by atoms with Crippen molar-refractivity contribution in [3.05, 3.63) is 46.0 Å². The number of hydrogen-bond donors (Lipinski definition) is 2. The Morgan fingerprint density at radius 2 is 2.00 bits per heavy atom. The Morgan fingerprint density at radius 3 is 2.73 bits per heavy atom. The molecule has 0 saturated carbocycles. The van der Waals surface area contributed by atoms with Gasteiger partial charge in [-0.1, -0.05) is 17.7 Å². The molecule has 1 aliphatic rings. The molecule has 0 radical (unpaired) electrons. The summed E-state index contributed by atoms with van der Waals surface area (Å²) in [6.07, 6.45) is 2.70. The van der Waals surface area contributed by atoms with E-state index in [1.54, 1.807) is 12.1 Å². The number of nitrogens with one attached hydrogen (secondary N) is 2. The summed E-state index contributed by atoms with van der Waals surface area (Å²) in [6, 6.07) is 5.34. The number of carbonyl (C=O) groups excluding carboxylic acids is 2. The Balaban J connectivity index is 1.94. The van der Waals surface area contributed by atoms with Crippen LogP contribution in [0, 0.1) is 6.92 Å². The van der Waals surface area contributed by atoms with Gasteiger partial charge in [0.2, 0.25) is 0 Å². The SMILES string of the molecule is Cc1ccc(Cl)cc1NC(=O)c1nc(C(=O)NC(C)C)c2n1CCCC2. The number of nitrogens with zero attached hydrogens (tertiary/aromatic N) is 2. The fraction of sp³-hybridized carbons (Fsp3) is 0.421.